The number of carbonyl (C=O) groups is 1. The molecular weight excluding hydrogens is 178 g/mol. The lowest BCUT2D eigenvalue weighted by Gasteiger charge is -2.04. The smallest absolute Gasteiger partial charge is 0.152 e. The van der Waals surface area contributed by atoms with Crippen LogP contribution in [-0.4, -0.2) is 12.9 Å². The zero-order valence-corrected chi connectivity index (χ0v) is 8.28. The maximum atomic E-state index is 10.7. The van der Waals surface area contributed by atoms with Crippen molar-refractivity contribution in [3.8, 4) is 5.75 Å². The van der Waals surface area contributed by atoms with Crippen molar-refractivity contribution in [3.63, 3.8) is 0 Å². The molecule has 0 atom stereocenters. The van der Waals surface area contributed by atoms with Crippen LogP contribution in [0.2, 0.25) is 0 Å². The van der Waals surface area contributed by atoms with Gasteiger partial charge in [0.15, 0.2) is 5.78 Å². The van der Waals surface area contributed by atoms with Crippen molar-refractivity contribution in [1.29, 1.82) is 0 Å². The van der Waals surface area contributed by atoms with Crippen LogP contribution in [0, 0.1) is 0 Å². The highest BCUT2D eigenvalue weighted by molar-refractivity contribution is 5.91. The van der Waals surface area contributed by atoms with Gasteiger partial charge >= 0.3 is 0 Å². The van der Waals surface area contributed by atoms with Gasteiger partial charge in [-0.05, 0) is 30.7 Å². The van der Waals surface area contributed by atoms with Gasteiger partial charge in [0.1, 0.15) is 5.75 Å². The van der Waals surface area contributed by atoms with Crippen LogP contribution in [-0.2, 0) is 4.79 Å². The molecule has 1 rings (SSSR count). The number of hydrogen-bond acceptors (Lipinski definition) is 3. The number of methoxy groups -OCH3 is 1. The predicted molar refractivity (Wildman–Crippen MR) is 57.1 cm³/mol. The molecule has 2 N–H and O–H groups in total. The number of ether oxygens (including phenoxy) is 1. The lowest BCUT2D eigenvalue weighted by Crippen LogP contribution is -1.92. The summed E-state index contributed by atoms with van der Waals surface area (Å²) in [5, 5.41) is 0. The molecule has 1 aromatic rings. The first-order valence-corrected chi connectivity index (χ1v) is 4.25. The molecule has 0 saturated heterocycles. The van der Waals surface area contributed by atoms with Gasteiger partial charge in [0.25, 0.3) is 0 Å². The summed E-state index contributed by atoms with van der Waals surface area (Å²) in [6.45, 7) is 1.50. The Hall–Kier alpha value is -1.77. The summed E-state index contributed by atoms with van der Waals surface area (Å²) in [4.78, 5) is 10.7. The van der Waals surface area contributed by atoms with Gasteiger partial charge in [-0.1, -0.05) is 12.1 Å². The maximum Gasteiger partial charge on any atom is 0.152 e. The fourth-order valence-corrected chi connectivity index (χ4v) is 1.07. The Bertz CT molecular complexity index is 370. The molecule has 0 aliphatic rings. The Kier molecular flexibility index (Phi) is 3.29. The Balaban J connectivity index is 2.91. The van der Waals surface area contributed by atoms with Gasteiger partial charge in [-0.25, -0.2) is 0 Å². The summed E-state index contributed by atoms with van der Waals surface area (Å²) >= 11 is 0. The van der Waals surface area contributed by atoms with Crippen molar-refractivity contribution >= 4 is 17.5 Å². The van der Waals surface area contributed by atoms with Crippen molar-refractivity contribution in [2.24, 2.45) is 0 Å². The minimum atomic E-state index is 0.0133. The van der Waals surface area contributed by atoms with Crippen LogP contribution in [0.3, 0.4) is 0 Å². The van der Waals surface area contributed by atoms with Gasteiger partial charge in [0, 0.05) is 0 Å². The third-order valence-electron chi connectivity index (χ3n) is 1.76. The number of benzene rings is 1. The highest BCUT2D eigenvalue weighted by atomic mass is 16.5. The highest BCUT2D eigenvalue weighted by Crippen LogP contribution is 2.22. The van der Waals surface area contributed by atoms with Crippen LogP contribution in [0.4, 0.5) is 5.69 Å². The molecule has 0 radical (unpaired) electrons. The van der Waals surface area contributed by atoms with Crippen LogP contribution in [0.15, 0.2) is 24.3 Å². The second-order valence-corrected chi connectivity index (χ2v) is 2.95. The molecular formula is C11H13NO2. The van der Waals surface area contributed by atoms with E-state index >= 15 is 0 Å². The van der Waals surface area contributed by atoms with Gasteiger partial charge in [-0.2, -0.15) is 0 Å². The van der Waals surface area contributed by atoms with E-state index in [1.165, 1.54) is 13.0 Å². The fraction of sp³-hybridized carbons (Fsp3) is 0.182. The molecule has 0 spiro atoms. The van der Waals surface area contributed by atoms with E-state index in [1.54, 1.807) is 25.3 Å². The maximum absolute atomic E-state index is 10.7. The van der Waals surface area contributed by atoms with Gasteiger partial charge in [0.2, 0.25) is 0 Å². The third-order valence-corrected chi connectivity index (χ3v) is 1.76. The van der Waals surface area contributed by atoms with Gasteiger partial charge in [-0.15, -0.1) is 0 Å². The molecule has 0 saturated carbocycles. The standard InChI is InChI=1S/C11H13NO2/c1-8(13)3-4-9-5-6-11(14-2)10(12)7-9/h3-7H,12H2,1-2H3/b4-3+. The zero-order chi connectivity index (χ0) is 10.6. The summed E-state index contributed by atoms with van der Waals surface area (Å²) in [5.74, 6) is 0.657. The van der Waals surface area contributed by atoms with E-state index in [2.05, 4.69) is 0 Å². The van der Waals surface area contributed by atoms with Crippen molar-refractivity contribution in [2.75, 3.05) is 12.8 Å². The Morgan fingerprint density at radius 2 is 2.21 bits per heavy atom. The molecule has 0 aromatic heterocycles. The minimum Gasteiger partial charge on any atom is -0.495 e. The van der Waals surface area contributed by atoms with Crippen molar-refractivity contribution in [1.82, 2.24) is 0 Å². The second kappa shape index (κ2) is 4.46. The van der Waals surface area contributed by atoms with Crippen LogP contribution >= 0.6 is 0 Å². The number of carbonyl (C=O) groups excluding carboxylic acids is 1. The molecule has 0 amide bonds. The Morgan fingerprint density at radius 3 is 2.71 bits per heavy atom. The van der Waals surface area contributed by atoms with E-state index in [1.807, 2.05) is 6.07 Å². The van der Waals surface area contributed by atoms with Gasteiger partial charge in [0.05, 0.1) is 12.8 Å². The first kappa shape index (κ1) is 10.3. The van der Waals surface area contributed by atoms with Crippen LogP contribution in [0.1, 0.15) is 12.5 Å². The lowest BCUT2D eigenvalue weighted by molar-refractivity contribution is -0.112. The molecule has 14 heavy (non-hydrogen) atoms. The molecule has 1 aromatic carbocycles. The number of nitrogens with two attached hydrogens (primary N) is 1. The van der Waals surface area contributed by atoms with Crippen LogP contribution < -0.4 is 10.5 Å². The molecule has 0 fully saturated rings. The first-order chi connectivity index (χ1) is 6.63. The monoisotopic (exact) mass is 191 g/mol. The van der Waals surface area contributed by atoms with E-state index in [-0.39, 0.29) is 5.78 Å². The van der Waals surface area contributed by atoms with E-state index in [9.17, 15) is 4.79 Å². The van der Waals surface area contributed by atoms with Crippen molar-refractivity contribution < 1.29 is 9.53 Å². The molecule has 0 heterocycles. The predicted octanol–water partition coefficient (Wildman–Crippen LogP) is 1.88. The molecule has 0 aliphatic carbocycles. The third kappa shape index (κ3) is 2.62. The number of rotatable bonds is 3. The van der Waals surface area contributed by atoms with Gasteiger partial charge < -0.3 is 10.5 Å². The SMILES string of the molecule is COc1ccc(/C=C/C(C)=O)cc1N. The topological polar surface area (TPSA) is 52.3 Å². The van der Waals surface area contributed by atoms with E-state index in [4.69, 9.17) is 10.5 Å². The largest absolute Gasteiger partial charge is 0.495 e. The summed E-state index contributed by atoms with van der Waals surface area (Å²) < 4.78 is 5.01. The quantitative estimate of drug-likeness (QED) is 0.586. The molecule has 3 heteroatoms. The summed E-state index contributed by atoms with van der Waals surface area (Å²) in [7, 11) is 1.57. The molecule has 74 valence electrons. The van der Waals surface area contributed by atoms with E-state index < -0.39 is 0 Å². The molecule has 0 unspecified atom stereocenters. The van der Waals surface area contributed by atoms with Crippen LogP contribution in [0.25, 0.3) is 6.08 Å². The number of nitrogen functional groups attached to an aromatic ring is 1. The van der Waals surface area contributed by atoms with Gasteiger partial charge in [-0.3, -0.25) is 4.79 Å². The van der Waals surface area contributed by atoms with Crippen molar-refractivity contribution in [3.05, 3.63) is 29.8 Å². The second-order valence-electron chi connectivity index (χ2n) is 2.95. The number of anilines is 1. The number of allylic oxidation sites excluding steroid dienone is 1. The minimum absolute atomic E-state index is 0.0133. The van der Waals surface area contributed by atoms with Crippen LogP contribution in [0.5, 0.6) is 5.75 Å². The van der Waals surface area contributed by atoms with Crippen molar-refractivity contribution in [2.45, 2.75) is 6.92 Å². The number of ketones is 1. The molecule has 0 aliphatic heterocycles. The molecule has 0 bridgehead atoms. The fourth-order valence-electron chi connectivity index (χ4n) is 1.07. The number of hydrogen-bond donors (Lipinski definition) is 1. The summed E-state index contributed by atoms with van der Waals surface area (Å²) in [6, 6.07) is 5.38. The Labute approximate surface area is 83.2 Å². The zero-order valence-electron chi connectivity index (χ0n) is 8.28. The normalized spacial score (nSPS) is 10.4. The summed E-state index contributed by atoms with van der Waals surface area (Å²) in [6.07, 6.45) is 3.22. The lowest BCUT2D eigenvalue weighted by atomic mass is 10.1. The average molecular weight is 191 g/mol. The Morgan fingerprint density at radius 1 is 1.50 bits per heavy atom. The van der Waals surface area contributed by atoms with E-state index in [0.29, 0.717) is 11.4 Å². The molecule has 3 nitrogen and oxygen atoms in total. The first-order valence-electron chi connectivity index (χ1n) is 4.25. The average Bonchev–Trinajstić information content (AvgIpc) is 2.15. The summed E-state index contributed by atoms with van der Waals surface area (Å²) in [5.41, 5.74) is 7.15. The van der Waals surface area contributed by atoms with E-state index in [0.717, 1.165) is 5.56 Å². The highest BCUT2D eigenvalue weighted by Gasteiger charge is 1.97.